The first-order valence-electron chi connectivity index (χ1n) is 7.35. The summed E-state index contributed by atoms with van der Waals surface area (Å²) in [7, 11) is 3.22. The maximum Gasteiger partial charge on any atom is 0.232 e. The Morgan fingerprint density at radius 2 is 1.96 bits per heavy atom. The number of benzene rings is 2. The molecule has 0 aliphatic carbocycles. The second-order valence-electron chi connectivity index (χ2n) is 5.64. The minimum atomic E-state index is -0.224. The zero-order chi connectivity index (χ0) is 16.6. The summed E-state index contributed by atoms with van der Waals surface area (Å²) in [6.07, 6.45) is 0.557. The van der Waals surface area contributed by atoms with Gasteiger partial charge < -0.3 is 14.8 Å². The van der Waals surface area contributed by atoms with Gasteiger partial charge in [0, 0.05) is 15.7 Å². The molecule has 0 saturated carbocycles. The largest absolute Gasteiger partial charge is 0.493 e. The van der Waals surface area contributed by atoms with Gasteiger partial charge in [-0.1, -0.05) is 33.6 Å². The van der Waals surface area contributed by atoms with Crippen LogP contribution < -0.4 is 14.8 Å². The average molecular weight is 376 g/mol. The van der Waals surface area contributed by atoms with Crippen LogP contribution in [0.25, 0.3) is 0 Å². The van der Waals surface area contributed by atoms with Crippen LogP contribution in [0.4, 0.5) is 5.69 Å². The molecule has 4 nitrogen and oxygen atoms in total. The maximum absolute atomic E-state index is 12.4. The van der Waals surface area contributed by atoms with Crippen molar-refractivity contribution in [3.8, 4) is 11.5 Å². The molecule has 0 radical (unpaired) electrons. The van der Waals surface area contributed by atoms with E-state index >= 15 is 0 Å². The number of hydrogen-bond donors (Lipinski definition) is 1. The predicted octanol–water partition coefficient (Wildman–Crippen LogP) is 4.05. The van der Waals surface area contributed by atoms with E-state index < -0.39 is 0 Å². The molecule has 0 saturated heterocycles. The highest BCUT2D eigenvalue weighted by molar-refractivity contribution is 9.10. The molecule has 0 bridgehead atoms. The van der Waals surface area contributed by atoms with Crippen molar-refractivity contribution < 1.29 is 14.3 Å². The molecule has 1 N–H and O–H groups in total. The second kappa shape index (κ2) is 6.24. The highest BCUT2D eigenvalue weighted by Crippen LogP contribution is 2.40. The number of hydrogen-bond acceptors (Lipinski definition) is 3. The van der Waals surface area contributed by atoms with Crippen molar-refractivity contribution in [1.29, 1.82) is 0 Å². The van der Waals surface area contributed by atoms with Crippen molar-refractivity contribution in [2.75, 3.05) is 19.5 Å². The number of fused-ring (bicyclic) bond motifs is 1. The topological polar surface area (TPSA) is 47.6 Å². The lowest BCUT2D eigenvalue weighted by Gasteiger charge is -2.16. The number of halogens is 1. The molecule has 2 aromatic rings. The molecule has 23 heavy (non-hydrogen) atoms. The van der Waals surface area contributed by atoms with Crippen molar-refractivity contribution in [3.63, 3.8) is 0 Å². The number of rotatable bonds is 4. The standard InChI is InChI=1S/C18H18BrNO3/c1-10-4-5-15-13(6-10)14(18(21)20-15)8-11-7-12(19)9-16(22-2)17(11)23-3/h4-7,9,14H,8H2,1-3H3,(H,20,21)/t14-/m0/s1. The second-order valence-corrected chi connectivity index (χ2v) is 6.55. The summed E-state index contributed by atoms with van der Waals surface area (Å²) in [6.45, 7) is 2.03. The number of carbonyl (C=O) groups is 1. The molecule has 2 aromatic carbocycles. The molecular weight excluding hydrogens is 358 g/mol. The smallest absolute Gasteiger partial charge is 0.232 e. The minimum Gasteiger partial charge on any atom is -0.493 e. The van der Waals surface area contributed by atoms with Crippen LogP contribution in [0.15, 0.2) is 34.8 Å². The van der Waals surface area contributed by atoms with E-state index in [1.807, 2.05) is 31.2 Å². The van der Waals surface area contributed by atoms with Gasteiger partial charge in [0.05, 0.1) is 20.1 Å². The molecule has 5 heteroatoms. The fraction of sp³-hybridized carbons (Fsp3) is 0.278. The molecule has 1 aliphatic rings. The first-order valence-corrected chi connectivity index (χ1v) is 8.14. The SMILES string of the molecule is COc1cc(Br)cc(C[C@@H]2C(=O)Nc3ccc(C)cc32)c1OC. The van der Waals surface area contributed by atoms with Gasteiger partial charge in [-0.15, -0.1) is 0 Å². The monoisotopic (exact) mass is 375 g/mol. The predicted molar refractivity (Wildman–Crippen MR) is 93.5 cm³/mol. The Bertz CT molecular complexity index is 773. The van der Waals surface area contributed by atoms with Crippen LogP contribution in [0, 0.1) is 6.92 Å². The first-order chi connectivity index (χ1) is 11.0. The molecule has 1 atom stereocenters. The van der Waals surface area contributed by atoms with E-state index in [0.717, 1.165) is 26.9 Å². The van der Waals surface area contributed by atoms with E-state index in [2.05, 4.69) is 27.3 Å². The third kappa shape index (κ3) is 2.93. The Labute approximate surface area is 143 Å². The van der Waals surface area contributed by atoms with Crippen LogP contribution in [-0.2, 0) is 11.2 Å². The van der Waals surface area contributed by atoms with Crippen LogP contribution in [0.1, 0.15) is 22.6 Å². The van der Waals surface area contributed by atoms with Crippen molar-refractivity contribution in [2.24, 2.45) is 0 Å². The van der Waals surface area contributed by atoms with Crippen molar-refractivity contribution >= 4 is 27.5 Å². The summed E-state index contributed by atoms with van der Waals surface area (Å²) in [6, 6.07) is 9.86. The molecular formula is C18H18BrNO3. The zero-order valence-corrected chi connectivity index (χ0v) is 14.9. The van der Waals surface area contributed by atoms with Crippen molar-refractivity contribution in [3.05, 3.63) is 51.5 Å². The fourth-order valence-corrected chi connectivity index (χ4v) is 3.51. The van der Waals surface area contributed by atoms with Gasteiger partial charge in [0.1, 0.15) is 0 Å². The Hall–Kier alpha value is -2.01. The number of carbonyl (C=O) groups excluding carboxylic acids is 1. The molecule has 3 rings (SSSR count). The van der Waals surface area contributed by atoms with Gasteiger partial charge >= 0.3 is 0 Å². The fourth-order valence-electron chi connectivity index (χ4n) is 3.03. The van der Waals surface area contributed by atoms with E-state index in [0.29, 0.717) is 17.9 Å². The Morgan fingerprint density at radius 1 is 1.17 bits per heavy atom. The van der Waals surface area contributed by atoms with E-state index in [1.165, 1.54) is 0 Å². The quantitative estimate of drug-likeness (QED) is 0.876. The summed E-state index contributed by atoms with van der Waals surface area (Å²) < 4.78 is 11.8. The summed E-state index contributed by atoms with van der Waals surface area (Å²) in [4.78, 5) is 12.4. The molecule has 0 fully saturated rings. The molecule has 1 amide bonds. The van der Waals surface area contributed by atoms with Gasteiger partial charge in [-0.05, 0) is 37.1 Å². The van der Waals surface area contributed by atoms with Crippen LogP contribution in [-0.4, -0.2) is 20.1 Å². The molecule has 120 valence electrons. The van der Waals surface area contributed by atoms with Crippen LogP contribution in [0.2, 0.25) is 0 Å². The summed E-state index contributed by atoms with van der Waals surface area (Å²) in [5.41, 5.74) is 4.01. The maximum atomic E-state index is 12.4. The summed E-state index contributed by atoms with van der Waals surface area (Å²) in [5.74, 6) is 1.12. The van der Waals surface area contributed by atoms with Gasteiger partial charge in [0.25, 0.3) is 0 Å². The molecule has 1 aliphatic heterocycles. The van der Waals surface area contributed by atoms with Gasteiger partial charge in [0.2, 0.25) is 5.91 Å². The van der Waals surface area contributed by atoms with E-state index in [1.54, 1.807) is 14.2 Å². The lowest BCUT2D eigenvalue weighted by Crippen LogP contribution is -2.15. The average Bonchev–Trinajstić information content (AvgIpc) is 2.82. The summed E-state index contributed by atoms with van der Waals surface area (Å²) in [5, 5.41) is 2.95. The lowest BCUT2D eigenvalue weighted by molar-refractivity contribution is -0.117. The van der Waals surface area contributed by atoms with Crippen LogP contribution in [0.5, 0.6) is 11.5 Å². The van der Waals surface area contributed by atoms with E-state index in [4.69, 9.17) is 9.47 Å². The van der Waals surface area contributed by atoms with Crippen molar-refractivity contribution in [1.82, 2.24) is 0 Å². The molecule has 0 unspecified atom stereocenters. The lowest BCUT2D eigenvalue weighted by atomic mass is 9.92. The molecule has 0 spiro atoms. The Morgan fingerprint density at radius 3 is 2.65 bits per heavy atom. The van der Waals surface area contributed by atoms with E-state index in [-0.39, 0.29) is 11.8 Å². The number of aryl methyl sites for hydroxylation is 1. The third-order valence-electron chi connectivity index (χ3n) is 4.10. The normalized spacial score (nSPS) is 16.0. The number of ether oxygens (including phenoxy) is 2. The van der Waals surface area contributed by atoms with Gasteiger partial charge in [-0.2, -0.15) is 0 Å². The number of anilines is 1. The highest BCUT2D eigenvalue weighted by Gasteiger charge is 2.31. The highest BCUT2D eigenvalue weighted by atomic mass is 79.9. The van der Waals surface area contributed by atoms with E-state index in [9.17, 15) is 4.79 Å². The van der Waals surface area contributed by atoms with Crippen molar-refractivity contribution in [2.45, 2.75) is 19.3 Å². The molecule has 0 aromatic heterocycles. The van der Waals surface area contributed by atoms with Gasteiger partial charge in [-0.25, -0.2) is 0 Å². The number of nitrogens with one attached hydrogen (secondary N) is 1. The third-order valence-corrected chi connectivity index (χ3v) is 4.56. The summed E-state index contributed by atoms with van der Waals surface area (Å²) >= 11 is 3.49. The first kappa shape index (κ1) is 15.9. The Balaban J connectivity index is 2.02. The van der Waals surface area contributed by atoms with Gasteiger partial charge in [0.15, 0.2) is 11.5 Å². The van der Waals surface area contributed by atoms with Crippen LogP contribution >= 0.6 is 15.9 Å². The number of amides is 1. The minimum absolute atomic E-state index is 0.0200. The van der Waals surface area contributed by atoms with Gasteiger partial charge in [-0.3, -0.25) is 4.79 Å². The zero-order valence-electron chi connectivity index (χ0n) is 13.3. The Kier molecular flexibility index (Phi) is 4.31. The molecule has 1 heterocycles. The van der Waals surface area contributed by atoms with Crippen LogP contribution in [0.3, 0.4) is 0 Å². The number of methoxy groups -OCH3 is 2.